The molecule has 0 atom stereocenters. The Morgan fingerprint density at radius 2 is 1.81 bits per heavy atom. The Morgan fingerprint density at radius 3 is 2.41 bits per heavy atom. The summed E-state index contributed by atoms with van der Waals surface area (Å²) in [5.74, 6) is -0.0472. The van der Waals surface area contributed by atoms with E-state index in [0.717, 1.165) is 16.9 Å². The quantitative estimate of drug-likeness (QED) is 0.690. The van der Waals surface area contributed by atoms with E-state index >= 15 is 0 Å². The highest BCUT2D eigenvalue weighted by Gasteiger charge is 2.23. The Balaban J connectivity index is 1.87. The molecule has 0 N–H and O–H groups in total. The van der Waals surface area contributed by atoms with Gasteiger partial charge in [0.25, 0.3) is 5.91 Å². The summed E-state index contributed by atoms with van der Waals surface area (Å²) in [4.78, 5) is 15.0. The van der Waals surface area contributed by atoms with Crippen molar-refractivity contribution < 1.29 is 4.79 Å². The van der Waals surface area contributed by atoms with Crippen LogP contribution in [0.25, 0.3) is 5.69 Å². The van der Waals surface area contributed by atoms with E-state index in [2.05, 4.69) is 11.2 Å². The first-order chi connectivity index (χ1) is 13.0. The molecule has 3 rings (SSSR count). The predicted octanol–water partition coefficient (Wildman–Crippen LogP) is 4.10. The standard InChI is InChI=1S/C22H22N4O/c1-16(2)25(15-19-11-9-18(13-23)10-12-19)22(27)21-14-24-26(17(21)3)20-7-5-4-6-8-20/h4-12,14,16H,15H2,1-3H3. The van der Waals surface area contributed by atoms with Gasteiger partial charge in [-0.15, -0.1) is 0 Å². The average molecular weight is 358 g/mol. The van der Waals surface area contributed by atoms with Gasteiger partial charge in [0.15, 0.2) is 0 Å². The second-order valence-electron chi connectivity index (χ2n) is 6.73. The van der Waals surface area contributed by atoms with Crippen LogP contribution in [0.1, 0.15) is 41.0 Å². The van der Waals surface area contributed by atoms with Crippen molar-refractivity contribution in [3.8, 4) is 11.8 Å². The van der Waals surface area contributed by atoms with Gasteiger partial charge in [-0.1, -0.05) is 30.3 Å². The summed E-state index contributed by atoms with van der Waals surface area (Å²) in [6, 6.07) is 19.3. The van der Waals surface area contributed by atoms with E-state index in [-0.39, 0.29) is 11.9 Å². The van der Waals surface area contributed by atoms with Crippen molar-refractivity contribution in [1.82, 2.24) is 14.7 Å². The van der Waals surface area contributed by atoms with Crippen molar-refractivity contribution in [1.29, 1.82) is 5.26 Å². The van der Waals surface area contributed by atoms with Crippen LogP contribution >= 0.6 is 0 Å². The van der Waals surface area contributed by atoms with Crippen LogP contribution in [0.4, 0.5) is 0 Å². The molecular weight excluding hydrogens is 336 g/mol. The summed E-state index contributed by atoms with van der Waals surface area (Å²) in [6.07, 6.45) is 1.64. The lowest BCUT2D eigenvalue weighted by molar-refractivity contribution is 0.0689. The minimum atomic E-state index is -0.0472. The maximum atomic E-state index is 13.2. The topological polar surface area (TPSA) is 61.9 Å². The fourth-order valence-corrected chi connectivity index (χ4v) is 2.97. The SMILES string of the molecule is Cc1c(C(=O)N(Cc2ccc(C#N)cc2)C(C)C)cnn1-c1ccccc1. The van der Waals surface area contributed by atoms with Crippen LogP contribution in [0.15, 0.2) is 60.8 Å². The summed E-state index contributed by atoms with van der Waals surface area (Å²) in [5.41, 5.74) is 3.94. The van der Waals surface area contributed by atoms with Gasteiger partial charge in [0.1, 0.15) is 0 Å². The largest absolute Gasteiger partial charge is 0.332 e. The lowest BCUT2D eigenvalue weighted by atomic mass is 10.1. The van der Waals surface area contributed by atoms with Crippen LogP contribution in [0.3, 0.4) is 0 Å². The highest BCUT2D eigenvalue weighted by molar-refractivity contribution is 5.95. The molecule has 0 unspecified atom stereocenters. The number of para-hydroxylation sites is 1. The molecule has 0 spiro atoms. The highest BCUT2D eigenvalue weighted by atomic mass is 16.2. The monoisotopic (exact) mass is 358 g/mol. The number of carbonyl (C=O) groups is 1. The van der Waals surface area contributed by atoms with E-state index in [1.54, 1.807) is 23.0 Å². The third-order valence-corrected chi connectivity index (χ3v) is 4.56. The lowest BCUT2D eigenvalue weighted by Crippen LogP contribution is -2.36. The van der Waals surface area contributed by atoms with Crippen molar-refractivity contribution in [2.24, 2.45) is 0 Å². The number of nitrogens with zero attached hydrogens (tertiary/aromatic N) is 4. The number of aromatic nitrogens is 2. The van der Waals surface area contributed by atoms with Crippen molar-refractivity contribution >= 4 is 5.91 Å². The first-order valence-corrected chi connectivity index (χ1v) is 8.91. The van der Waals surface area contributed by atoms with Gasteiger partial charge >= 0.3 is 0 Å². The van der Waals surface area contributed by atoms with Crippen molar-refractivity contribution in [3.05, 3.63) is 83.2 Å². The maximum absolute atomic E-state index is 13.2. The van der Waals surface area contributed by atoms with Gasteiger partial charge in [-0.25, -0.2) is 4.68 Å². The fraction of sp³-hybridized carbons (Fsp3) is 0.227. The zero-order valence-electron chi connectivity index (χ0n) is 15.8. The summed E-state index contributed by atoms with van der Waals surface area (Å²) in [6.45, 7) is 6.39. The number of rotatable bonds is 5. The molecule has 136 valence electrons. The van der Waals surface area contributed by atoms with Crippen LogP contribution in [0.2, 0.25) is 0 Å². The van der Waals surface area contributed by atoms with Crippen molar-refractivity contribution in [3.63, 3.8) is 0 Å². The van der Waals surface area contributed by atoms with Crippen LogP contribution in [-0.2, 0) is 6.54 Å². The Kier molecular flexibility index (Phi) is 5.37. The van der Waals surface area contributed by atoms with E-state index in [4.69, 9.17) is 5.26 Å². The molecule has 3 aromatic rings. The number of benzene rings is 2. The van der Waals surface area contributed by atoms with Crippen LogP contribution in [0, 0.1) is 18.3 Å². The second kappa shape index (κ2) is 7.88. The van der Waals surface area contributed by atoms with E-state index < -0.39 is 0 Å². The van der Waals surface area contributed by atoms with E-state index in [1.807, 2.05) is 68.1 Å². The van der Waals surface area contributed by atoms with Gasteiger partial charge < -0.3 is 4.90 Å². The Bertz CT molecular complexity index is 966. The molecule has 5 nitrogen and oxygen atoms in total. The highest BCUT2D eigenvalue weighted by Crippen LogP contribution is 2.19. The van der Waals surface area contributed by atoms with Crippen LogP contribution in [-0.4, -0.2) is 26.6 Å². The first-order valence-electron chi connectivity index (χ1n) is 8.91. The maximum Gasteiger partial charge on any atom is 0.257 e. The molecule has 1 heterocycles. The van der Waals surface area contributed by atoms with Gasteiger partial charge in [0, 0.05) is 12.6 Å². The van der Waals surface area contributed by atoms with E-state index in [0.29, 0.717) is 17.7 Å². The molecule has 27 heavy (non-hydrogen) atoms. The number of amides is 1. The molecule has 0 saturated carbocycles. The molecular formula is C22H22N4O. The Hall–Kier alpha value is -3.39. The molecule has 2 aromatic carbocycles. The molecule has 0 aliphatic carbocycles. The molecule has 0 fully saturated rings. The summed E-state index contributed by atoms with van der Waals surface area (Å²) in [5, 5.41) is 13.4. The normalized spacial score (nSPS) is 10.6. The molecule has 0 bridgehead atoms. The van der Waals surface area contributed by atoms with Gasteiger partial charge in [-0.05, 0) is 50.6 Å². The van der Waals surface area contributed by atoms with E-state index in [9.17, 15) is 4.79 Å². The molecule has 5 heteroatoms. The summed E-state index contributed by atoms with van der Waals surface area (Å²) in [7, 11) is 0. The zero-order valence-corrected chi connectivity index (χ0v) is 15.8. The molecule has 1 amide bonds. The summed E-state index contributed by atoms with van der Waals surface area (Å²) < 4.78 is 1.79. The zero-order chi connectivity index (χ0) is 19.4. The molecule has 0 saturated heterocycles. The number of hydrogen-bond acceptors (Lipinski definition) is 3. The molecule has 1 aromatic heterocycles. The van der Waals surface area contributed by atoms with Gasteiger partial charge in [-0.2, -0.15) is 10.4 Å². The van der Waals surface area contributed by atoms with Gasteiger partial charge in [0.2, 0.25) is 0 Å². The molecule has 0 radical (unpaired) electrons. The summed E-state index contributed by atoms with van der Waals surface area (Å²) >= 11 is 0. The predicted molar refractivity (Wildman–Crippen MR) is 104 cm³/mol. The van der Waals surface area contributed by atoms with E-state index in [1.165, 1.54) is 0 Å². The smallest absolute Gasteiger partial charge is 0.257 e. The average Bonchev–Trinajstić information content (AvgIpc) is 3.08. The minimum absolute atomic E-state index is 0.0348. The van der Waals surface area contributed by atoms with Gasteiger partial charge in [0.05, 0.1) is 34.8 Å². The van der Waals surface area contributed by atoms with Crippen molar-refractivity contribution in [2.45, 2.75) is 33.4 Å². The lowest BCUT2D eigenvalue weighted by Gasteiger charge is -2.27. The van der Waals surface area contributed by atoms with Crippen LogP contribution < -0.4 is 0 Å². The second-order valence-corrected chi connectivity index (χ2v) is 6.73. The Morgan fingerprint density at radius 1 is 1.15 bits per heavy atom. The minimum Gasteiger partial charge on any atom is -0.332 e. The van der Waals surface area contributed by atoms with Crippen LogP contribution in [0.5, 0.6) is 0 Å². The Labute approximate surface area is 159 Å². The third kappa shape index (κ3) is 3.90. The number of nitriles is 1. The first kappa shape index (κ1) is 18.4. The molecule has 0 aliphatic rings. The molecule has 0 aliphatic heterocycles. The third-order valence-electron chi connectivity index (χ3n) is 4.56. The number of hydrogen-bond donors (Lipinski definition) is 0. The van der Waals surface area contributed by atoms with Crippen molar-refractivity contribution in [2.75, 3.05) is 0 Å². The number of carbonyl (C=O) groups excluding carboxylic acids is 1. The fourth-order valence-electron chi connectivity index (χ4n) is 2.97. The van der Waals surface area contributed by atoms with Gasteiger partial charge in [-0.3, -0.25) is 4.79 Å².